The molecule has 5 nitrogen and oxygen atoms in total. The number of hydrogen-bond donors (Lipinski definition) is 1. The Morgan fingerprint density at radius 1 is 1.35 bits per heavy atom. The first-order valence-corrected chi connectivity index (χ1v) is 6.25. The molecule has 0 spiro atoms. The summed E-state index contributed by atoms with van der Waals surface area (Å²) in [7, 11) is 0. The van der Waals surface area contributed by atoms with E-state index in [1.165, 1.54) is 11.3 Å². The van der Waals surface area contributed by atoms with Gasteiger partial charge in [0.25, 0.3) is 0 Å². The second kappa shape index (κ2) is 5.57. The summed E-state index contributed by atoms with van der Waals surface area (Å²) in [5.41, 5.74) is 0. The fourth-order valence-corrected chi connectivity index (χ4v) is 2.45. The largest absolute Gasteiger partial charge is 0.339 e. The Labute approximate surface area is 109 Å². The predicted octanol–water partition coefficient (Wildman–Crippen LogP) is 2.08. The second-order valence-corrected chi connectivity index (χ2v) is 4.71. The van der Waals surface area contributed by atoms with Crippen molar-refractivity contribution in [1.29, 1.82) is 0 Å². The lowest BCUT2D eigenvalue weighted by molar-refractivity contribution is 0.320. The molecule has 1 saturated heterocycles. The summed E-state index contributed by atoms with van der Waals surface area (Å²) in [5, 5.41) is 10.0. The summed E-state index contributed by atoms with van der Waals surface area (Å²) < 4.78 is 5.31. The first-order valence-electron chi connectivity index (χ1n) is 5.37. The molecule has 0 amide bonds. The molecule has 0 aromatic carbocycles. The number of thiazole rings is 1. The maximum Gasteiger partial charge on any atom is 0.231 e. The van der Waals surface area contributed by atoms with Gasteiger partial charge in [-0.1, -0.05) is 5.16 Å². The normalized spacial score (nSPS) is 16.7. The Hall–Kier alpha value is -0.980. The monoisotopic (exact) mass is 272 g/mol. The number of rotatable bonds is 2. The van der Waals surface area contributed by atoms with E-state index in [2.05, 4.69) is 20.4 Å². The van der Waals surface area contributed by atoms with Gasteiger partial charge in [-0.25, -0.2) is 4.98 Å². The van der Waals surface area contributed by atoms with Crippen molar-refractivity contribution in [3.8, 4) is 10.8 Å². The lowest BCUT2D eigenvalue weighted by atomic mass is 9.98. The van der Waals surface area contributed by atoms with E-state index in [9.17, 15) is 0 Å². The van der Waals surface area contributed by atoms with Gasteiger partial charge in [-0.2, -0.15) is 4.98 Å². The molecule has 3 rings (SSSR count). The molecular formula is C10H13ClN4OS. The van der Waals surface area contributed by atoms with Gasteiger partial charge in [-0.05, 0) is 25.9 Å². The smallest absolute Gasteiger partial charge is 0.231 e. The Morgan fingerprint density at radius 2 is 2.18 bits per heavy atom. The van der Waals surface area contributed by atoms with Crippen molar-refractivity contribution in [3.63, 3.8) is 0 Å². The minimum atomic E-state index is 0. The number of hydrogen-bond acceptors (Lipinski definition) is 6. The van der Waals surface area contributed by atoms with Crippen molar-refractivity contribution in [1.82, 2.24) is 20.4 Å². The highest BCUT2D eigenvalue weighted by Gasteiger charge is 2.22. The van der Waals surface area contributed by atoms with Crippen LogP contribution in [-0.4, -0.2) is 28.2 Å². The molecule has 2 aromatic heterocycles. The topological polar surface area (TPSA) is 63.8 Å². The molecule has 0 unspecified atom stereocenters. The summed E-state index contributed by atoms with van der Waals surface area (Å²) >= 11 is 1.53. The van der Waals surface area contributed by atoms with Crippen LogP contribution in [0.3, 0.4) is 0 Å². The summed E-state index contributed by atoms with van der Waals surface area (Å²) in [6.07, 6.45) is 3.89. The average Bonchev–Trinajstić information content (AvgIpc) is 3.01. The number of halogens is 1. The average molecular weight is 273 g/mol. The minimum absolute atomic E-state index is 0. The van der Waals surface area contributed by atoms with Gasteiger partial charge in [0.15, 0.2) is 5.01 Å². The first kappa shape index (κ1) is 12.5. The van der Waals surface area contributed by atoms with Gasteiger partial charge in [0.2, 0.25) is 11.7 Å². The molecule has 0 aliphatic carbocycles. The third kappa shape index (κ3) is 2.65. The van der Waals surface area contributed by atoms with Gasteiger partial charge in [-0.3, -0.25) is 0 Å². The van der Waals surface area contributed by atoms with Crippen LogP contribution in [0.5, 0.6) is 0 Å². The Balaban J connectivity index is 0.00000108. The molecule has 0 bridgehead atoms. The van der Waals surface area contributed by atoms with Crippen LogP contribution >= 0.6 is 23.7 Å². The number of piperidine rings is 1. The molecule has 7 heteroatoms. The van der Waals surface area contributed by atoms with Crippen LogP contribution in [0.15, 0.2) is 16.1 Å². The van der Waals surface area contributed by atoms with E-state index in [4.69, 9.17) is 4.52 Å². The molecule has 0 atom stereocenters. The van der Waals surface area contributed by atoms with E-state index in [0.29, 0.717) is 11.7 Å². The van der Waals surface area contributed by atoms with Crippen molar-refractivity contribution in [3.05, 3.63) is 17.5 Å². The Morgan fingerprint density at radius 3 is 2.88 bits per heavy atom. The van der Waals surface area contributed by atoms with Gasteiger partial charge >= 0.3 is 0 Å². The zero-order valence-corrected chi connectivity index (χ0v) is 10.8. The van der Waals surface area contributed by atoms with Gasteiger partial charge < -0.3 is 9.84 Å². The number of nitrogens with one attached hydrogen (secondary N) is 1. The molecule has 1 fully saturated rings. The molecule has 0 radical (unpaired) electrons. The Kier molecular flexibility index (Phi) is 4.09. The summed E-state index contributed by atoms with van der Waals surface area (Å²) in [6, 6.07) is 0. The molecule has 1 aliphatic rings. The van der Waals surface area contributed by atoms with Crippen LogP contribution < -0.4 is 5.32 Å². The number of aromatic nitrogens is 3. The Bertz CT molecular complexity index is 453. The first-order chi connectivity index (χ1) is 7.93. The molecule has 1 aliphatic heterocycles. The van der Waals surface area contributed by atoms with Gasteiger partial charge in [0, 0.05) is 17.5 Å². The highest BCUT2D eigenvalue weighted by Crippen LogP contribution is 2.26. The lowest BCUT2D eigenvalue weighted by Gasteiger charge is -2.18. The van der Waals surface area contributed by atoms with Crippen LogP contribution in [0.25, 0.3) is 10.8 Å². The van der Waals surface area contributed by atoms with Crippen molar-refractivity contribution >= 4 is 23.7 Å². The molecule has 2 aromatic rings. The number of nitrogens with zero attached hydrogens (tertiary/aromatic N) is 3. The zero-order chi connectivity index (χ0) is 10.8. The third-order valence-electron chi connectivity index (χ3n) is 2.75. The minimum Gasteiger partial charge on any atom is -0.339 e. The summed E-state index contributed by atoms with van der Waals surface area (Å²) in [5.74, 6) is 1.78. The third-order valence-corrected chi connectivity index (χ3v) is 3.52. The van der Waals surface area contributed by atoms with E-state index in [-0.39, 0.29) is 12.4 Å². The second-order valence-electron chi connectivity index (χ2n) is 3.82. The quantitative estimate of drug-likeness (QED) is 0.907. The molecular weight excluding hydrogens is 260 g/mol. The van der Waals surface area contributed by atoms with Gasteiger partial charge in [0.1, 0.15) is 0 Å². The fourth-order valence-electron chi connectivity index (χ4n) is 1.89. The molecule has 3 heterocycles. The fraction of sp³-hybridized carbons (Fsp3) is 0.500. The molecule has 17 heavy (non-hydrogen) atoms. The van der Waals surface area contributed by atoms with Crippen molar-refractivity contribution < 1.29 is 4.52 Å². The lowest BCUT2D eigenvalue weighted by Crippen LogP contribution is -2.26. The van der Waals surface area contributed by atoms with E-state index in [1.807, 2.05) is 5.38 Å². The molecule has 0 saturated carbocycles. The van der Waals surface area contributed by atoms with E-state index < -0.39 is 0 Å². The van der Waals surface area contributed by atoms with E-state index >= 15 is 0 Å². The van der Waals surface area contributed by atoms with E-state index in [0.717, 1.165) is 36.8 Å². The highest BCUT2D eigenvalue weighted by molar-refractivity contribution is 7.12. The molecule has 92 valence electrons. The summed E-state index contributed by atoms with van der Waals surface area (Å²) in [4.78, 5) is 8.58. The molecule has 1 N–H and O–H groups in total. The van der Waals surface area contributed by atoms with Crippen LogP contribution in [0, 0.1) is 0 Å². The van der Waals surface area contributed by atoms with Crippen molar-refractivity contribution in [2.75, 3.05) is 13.1 Å². The van der Waals surface area contributed by atoms with Crippen LogP contribution in [0.2, 0.25) is 0 Å². The summed E-state index contributed by atoms with van der Waals surface area (Å²) in [6.45, 7) is 2.05. The van der Waals surface area contributed by atoms with Gasteiger partial charge in [0.05, 0.1) is 0 Å². The van der Waals surface area contributed by atoms with E-state index in [1.54, 1.807) is 6.20 Å². The maximum atomic E-state index is 5.31. The van der Waals surface area contributed by atoms with Gasteiger partial charge in [-0.15, -0.1) is 23.7 Å². The maximum absolute atomic E-state index is 5.31. The predicted molar refractivity (Wildman–Crippen MR) is 67.5 cm³/mol. The van der Waals surface area contributed by atoms with Crippen LogP contribution in [-0.2, 0) is 0 Å². The van der Waals surface area contributed by atoms with Crippen molar-refractivity contribution in [2.24, 2.45) is 0 Å². The van der Waals surface area contributed by atoms with Crippen LogP contribution in [0.1, 0.15) is 24.7 Å². The standard InChI is InChI=1S/C10H12N4OS.ClH/c1-3-11-4-2-7(1)9-13-8(14-15-9)10-12-5-6-16-10;/h5-7,11H,1-4H2;1H. The van der Waals surface area contributed by atoms with Crippen molar-refractivity contribution in [2.45, 2.75) is 18.8 Å². The highest BCUT2D eigenvalue weighted by atomic mass is 35.5. The zero-order valence-electron chi connectivity index (χ0n) is 9.13. The van der Waals surface area contributed by atoms with Crippen LogP contribution in [0.4, 0.5) is 0 Å². The SMILES string of the molecule is Cl.c1csc(-c2noc(C3CCNCC3)n2)n1.